The monoisotopic (exact) mass is 496 g/mol. The molecule has 1 aliphatic rings. The van der Waals surface area contributed by atoms with E-state index in [-0.39, 0.29) is 18.3 Å². The number of anilines is 1. The predicted molar refractivity (Wildman–Crippen MR) is 131 cm³/mol. The molecular weight excluding hydrogens is 467 g/mol. The zero-order chi connectivity index (χ0) is 25.9. The first kappa shape index (κ1) is 25.2. The molecule has 10 heteroatoms. The van der Waals surface area contributed by atoms with E-state index in [0.717, 1.165) is 15.8 Å². The molecule has 2 amide bonds. The van der Waals surface area contributed by atoms with Crippen LogP contribution < -0.4 is 19.7 Å². The van der Waals surface area contributed by atoms with Gasteiger partial charge in [-0.3, -0.25) is 4.79 Å². The molecule has 0 radical (unpaired) electrons. The van der Waals surface area contributed by atoms with Crippen molar-refractivity contribution in [3.8, 4) is 11.5 Å². The molecule has 2 heterocycles. The lowest BCUT2D eigenvalue weighted by atomic mass is 10.1. The molecule has 2 aromatic carbocycles. The fourth-order valence-corrected chi connectivity index (χ4v) is 3.75. The Morgan fingerprint density at radius 3 is 2.83 bits per heavy atom. The summed E-state index contributed by atoms with van der Waals surface area (Å²) >= 11 is 0. The second-order valence-corrected chi connectivity index (χ2v) is 9.35. The number of likely N-dealkylation sites (N-methyl/N-ethyl adjacent to an activating group) is 1. The normalized spacial score (nSPS) is 15.6. The van der Waals surface area contributed by atoms with Gasteiger partial charge in [0, 0.05) is 32.2 Å². The number of fused-ring (bicyclic) bond motifs is 1. The summed E-state index contributed by atoms with van der Waals surface area (Å²) in [6.45, 7) is 3.66. The Kier molecular flexibility index (Phi) is 7.25. The SMILES string of the molecule is CN1C(=O)[C@@H](NC(=O)n2cc(Cc3cccc(F)c3)cn2)COc2ccc(OCCC(C)(C)O)cc21. The molecule has 0 saturated heterocycles. The van der Waals surface area contributed by atoms with E-state index in [1.807, 2.05) is 0 Å². The molecule has 0 aliphatic carbocycles. The second-order valence-electron chi connectivity index (χ2n) is 9.35. The van der Waals surface area contributed by atoms with E-state index in [1.54, 1.807) is 51.2 Å². The van der Waals surface area contributed by atoms with Crippen LogP contribution in [0, 0.1) is 5.82 Å². The number of carbonyl (C=O) groups excluding carboxylic acids is 2. The molecule has 4 rings (SSSR count). The Morgan fingerprint density at radius 2 is 2.08 bits per heavy atom. The number of rotatable bonds is 7. The van der Waals surface area contributed by atoms with Crippen molar-refractivity contribution in [2.45, 2.75) is 38.3 Å². The first-order valence-corrected chi connectivity index (χ1v) is 11.6. The van der Waals surface area contributed by atoms with Gasteiger partial charge in [-0.05, 0) is 49.2 Å². The lowest BCUT2D eigenvalue weighted by Crippen LogP contribution is -2.50. The summed E-state index contributed by atoms with van der Waals surface area (Å²) in [5.74, 6) is 0.324. The van der Waals surface area contributed by atoms with Crippen LogP contribution in [-0.2, 0) is 11.2 Å². The Balaban J connectivity index is 1.40. The molecule has 9 nitrogen and oxygen atoms in total. The Morgan fingerprint density at radius 1 is 1.28 bits per heavy atom. The number of carbonyl (C=O) groups is 2. The third-order valence-electron chi connectivity index (χ3n) is 5.75. The molecule has 0 saturated carbocycles. The minimum atomic E-state index is -0.940. The molecule has 1 aliphatic heterocycles. The summed E-state index contributed by atoms with van der Waals surface area (Å²) in [6, 6.07) is 9.80. The minimum Gasteiger partial charge on any atom is -0.493 e. The number of hydrogen-bond acceptors (Lipinski definition) is 6. The standard InChI is InChI=1S/C26H29FN4O5/c1-26(2,34)9-10-35-20-7-8-23-22(13-20)30(3)24(32)21(16-36-23)29-25(33)31-15-18(14-28-31)11-17-5-4-6-19(27)12-17/h4-8,12-15,21,34H,9-11,16H2,1-3H3,(H,29,33)/t21-/m0/s1. The summed E-state index contributed by atoms with van der Waals surface area (Å²) in [5.41, 5.74) is 1.14. The van der Waals surface area contributed by atoms with Crippen LogP contribution in [0.4, 0.5) is 14.9 Å². The van der Waals surface area contributed by atoms with Crippen molar-refractivity contribution in [2.75, 3.05) is 25.2 Å². The summed E-state index contributed by atoms with van der Waals surface area (Å²) in [6.07, 6.45) is 3.92. The maximum Gasteiger partial charge on any atom is 0.342 e. The van der Waals surface area contributed by atoms with Crippen molar-refractivity contribution >= 4 is 17.6 Å². The number of halogens is 1. The maximum absolute atomic E-state index is 13.4. The van der Waals surface area contributed by atoms with Gasteiger partial charge in [-0.25, -0.2) is 9.18 Å². The van der Waals surface area contributed by atoms with Crippen molar-refractivity contribution in [1.82, 2.24) is 15.1 Å². The summed E-state index contributed by atoms with van der Waals surface area (Å²) in [4.78, 5) is 27.3. The van der Waals surface area contributed by atoms with E-state index < -0.39 is 17.7 Å². The molecule has 2 N–H and O–H groups in total. The third kappa shape index (κ3) is 6.19. The van der Waals surface area contributed by atoms with Crippen LogP contribution in [0.25, 0.3) is 0 Å². The van der Waals surface area contributed by atoms with Crippen LogP contribution in [-0.4, -0.2) is 58.7 Å². The second kappa shape index (κ2) is 10.4. The topological polar surface area (TPSA) is 106 Å². The van der Waals surface area contributed by atoms with E-state index in [0.29, 0.717) is 36.6 Å². The molecule has 1 aromatic heterocycles. The van der Waals surface area contributed by atoms with Gasteiger partial charge in [-0.15, -0.1) is 0 Å². The van der Waals surface area contributed by atoms with E-state index in [9.17, 15) is 19.1 Å². The Labute approximate surface area is 208 Å². The fourth-order valence-electron chi connectivity index (χ4n) is 3.75. The highest BCUT2D eigenvalue weighted by molar-refractivity contribution is 6.00. The van der Waals surface area contributed by atoms with Crippen LogP contribution in [0.1, 0.15) is 31.4 Å². The number of aliphatic hydroxyl groups is 1. The largest absolute Gasteiger partial charge is 0.493 e. The quantitative estimate of drug-likeness (QED) is 0.521. The summed E-state index contributed by atoms with van der Waals surface area (Å²) in [7, 11) is 1.60. The number of nitrogens with zero attached hydrogens (tertiary/aromatic N) is 3. The van der Waals surface area contributed by atoms with Crippen LogP contribution in [0.15, 0.2) is 54.9 Å². The molecule has 36 heavy (non-hydrogen) atoms. The highest BCUT2D eigenvalue weighted by Gasteiger charge is 2.31. The van der Waals surface area contributed by atoms with Crippen LogP contribution >= 0.6 is 0 Å². The maximum atomic E-state index is 13.4. The molecule has 0 fully saturated rings. The van der Waals surface area contributed by atoms with Gasteiger partial charge in [-0.1, -0.05) is 12.1 Å². The molecular formula is C26H29FN4O5. The van der Waals surface area contributed by atoms with Crippen molar-refractivity contribution in [3.05, 3.63) is 71.8 Å². The van der Waals surface area contributed by atoms with Crippen LogP contribution in [0.5, 0.6) is 11.5 Å². The van der Waals surface area contributed by atoms with E-state index in [2.05, 4.69) is 10.4 Å². The number of benzene rings is 2. The van der Waals surface area contributed by atoms with Crippen molar-refractivity contribution in [3.63, 3.8) is 0 Å². The molecule has 0 unspecified atom stereocenters. The van der Waals surface area contributed by atoms with Gasteiger partial charge < -0.3 is 24.8 Å². The summed E-state index contributed by atoms with van der Waals surface area (Å²) < 4.78 is 26.1. The zero-order valence-corrected chi connectivity index (χ0v) is 20.4. The Bertz CT molecular complexity index is 1250. The van der Waals surface area contributed by atoms with E-state index >= 15 is 0 Å². The number of amides is 2. The smallest absolute Gasteiger partial charge is 0.342 e. The van der Waals surface area contributed by atoms with E-state index in [4.69, 9.17) is 9.47 Å². The lowest BCUT2D eigenvalue weighted by molar-refractivity contribution is -0.120. The van der Waals surface area contributed by atoms with Gasteiger partial charge >= 0.3 is 6.03 Å². The van der Waals surface area contributed by atoms with Gasteiger partial charge in [-0.2, -0.15) is 9.78 Å². The molecule has 3 aromatic rings. The first-order chi connectivity index (χ1) is 17.1. The molecule has 0 bridgehead atoms. The summed E-state index contributed by atoms with van der Waals surface area (Å²) in [5, 5.41) is 16.6. The number of nitrogens with one attached hydrogen (secondary N) is 1. The van der Waals surface area contributed by atoms with Gasteiger partial charge in [0.05, 0.1) is 24.1 Å². The van der Waals surface area contributed by atoms with Gasteiger partial charge in [0.2, 0.25) is 0 Å². The highest BCUT2D eigenvalue weighted by atomic mass is 19.1. The van der Waals surface area contributed by atoms with Gasteiger partial charge in [0.25, 0.3) is 5.91 Å². The minimum absolute atomic E-state index is 0.0573. The average Bonchev–Trinajstić information content (AvgIpc) is 3.25. The number of hydrogen-bond donors (Lipinski definition) is 2. The number of ether oxygens (including phenoxy) is 2. The van der Waals surface area contributed by atoms with Crippen LogP contribution in [0.3, 0.4) is 0 Å². The molecule has 190 valence electrons. The third-order valence-corrected chi connectivity index (χ3v) is 5.75. The molecule has 0 spiro atoms. The van der Waals surface area contributed by atoms with E-state index in [1.165, 1.54) is 29.4 Å². The Hall–Kier alpha value is -3.92. The zero-order valence-electron chi connectivity index (χ0n) is 20.4. The first-order valence-electron chi connectivity index (χ1n) is 11.6. The van der Waals surface area contributed by atoms with Crippen LogP contribution in [0.2, 0.25) is 0 Å². The molecule has 1 atom stereocenters. The number of aromatic nitrogens is 2. The average molecular weight is 497 g/mol. The highest BCUT2D eigenvalue weighted by Crippen LogP contribution is 2.34. The van der Waals surface area contributed by atoms with Gasteiger partial charge in [0.1, 0.15) is 30.0 Å². The van der Waals surface area contributed by atoms with Crippen molar-refractivity contribution < 1.29 is 28.6 Å². The van der Waals surface area contributed by atoms with Crippen molar-refractivity contribution in [2.24, 2.45) is 0 Å². The lowest BCUT2D eigenvalue weighted by Gasteiger charge is -2.21. The van der Waals surface area contributed by atoms with Crippen molar-refractivity contribution in [1.29, 1.82) is 0 Å². The predicted octanol–water partition coefficient (Wildman–Crippen LogP) is 3.13. The van der Waals surface area contributed by atoms with Gasteiger partial charge in [0.15, 0.2) is 0 Å². The fraction of sp³-hybridized carbons (Fsp3) is 0.346.